The number of rotatable bonds is 5. The second kappa shape index (κ2) is 9.93. The summed E-state index contributed by atoms with van der Waals surface area (Å²) >= 11 is 1.94. The minimum atomic E-state index is -1.13. The molecule has 0 aliphatic heterocycles. The summed E-state index contributed by atoms with van der Waals surface area (Å²) in [5.74, 6) is -1.67. The van der Waals surface area contributed by atoms with Gasteiger partial charge in [0.25, 0.3) is 5.91 Å². The Kier molecular flexibility index (Phi) is 8.65. The van der Waals surface area contributed by atoms with Gasteiger partial charge in [-0.2, -0.15) is 0 Å². The largest absolute Gasteiger partial charge is 0.458 e. The maximum atomic E-state index is 14.2. The lowest BCUT2D eigenvalue weighted by Crippen LogP contribution is -2.47. The number of halogens is 2. The molecule has 0 radical (unpaired) electrons. The van der Waals surface area contributed by atoms with Crippen LogP contribution in [0, 0.1) is 9.39 Å². The molecule has 1 N–H and O–H groups in total. The van der Waals surface area contributed by atoms with Gasteiger partial charge in [-0.3, -0.25) is 4.79 Å². The van der Waals surface area contributed by atoms with Gasteiger partial charge in [-0.25, -0.2) is 14.0 Å². The molecule has 0 spiro atoms. The van der Waals surface area contributed by atoms with E-state index in [0.29, 0.717) is 9.13 Å². The number of hydrogen-bond donors (Lipinski definition) is 1. The van der Waals surface area contributed by atoms with Crippen molar-refractivity contribution in [3.8, 4) is 0 Å². The number of amides is 2. The smallest absolute Gasteiger partial charge is 0.408 e. The van der Waals surface area contributed by atoms with E-state index in [1.165, 1.54) is 11.0 Å². The third-order valence-electron chi connectivity index (χ3n) is 3.56. The first-order valence-corrected chi connectivity index (χ1v) is 10.5. The highest BCUT2D eigenvalue weighted by atomic mass is 127. The second-order valence-electron chi connectivity index (χ2n) is 9.06. The van der Waals surface area contributed by atoms with Gasteiger partial charge in [0, 0.05) is 24.1 Å². The molecular formula is C21H30FIN2O5. The van der Waals surface area contributed by atoms with E-state index < -0.39 is 35.1 Å². The van der Waals surface area contributed by atoms with Crippen LogP contribution in [0.4, 0.5) is 9.18 Å². The van der Waals surface area contributed by atoms with Gasteiger partial charge in [0.1, 0.15) is 23.1 Å². The standard InChI is InChI=1S/C21H30FIN2O5/c1-20(2,3)29-18(27)15(24-19(28)30-21(4,5)6)10-12-9-13(22)11-14(16(12)23)17(26)25(7)8/h9,11,15H,10H2,1-8H3,(H,24,28). The highest BCUT2D eigenvalue weighted by Gasteiger charge is 2.30. The molecule has 0 aliphatic carbocycles. The van der Waals surface area contributed by atoms with Crippen molar-refractivity contribution in [3.05, 3.63) is 32.6 Å². The van der Waals surface area contributed by atoms with Crippen LogP contribution in [-0.4, -0.2) is 54.2 Å². The number of carbonyl (C=O) groups is 3. The maximum absolute atomic E-state index is 14.2. The Labute approximate surface area is 190 Å². The highest BCUT2D eigenvalue weighted by molar-refractivity contribution is 14.1. The monoisotopic (exact) mass is 536 g/mol. The van der Waals surface area contributed by atoms with Crippen molar-refractivity contribution >= 4 is 40.6 Å². The third kappa shape index (κ3) is 8.45. The van der Waals surface area contributed by atoms with Crippen molar-refractivity contribution in [2.75, 3.05) is 14.1 Å². The Bertz CT molecular complexity index is 813. The van der Waals surface area contributed by atoms with E-state index in [9.17, 15) is 18.8 Å². The van der Waals surface area contributed by atoms with Crippen LogP contribution in [-0.2, 0) is 20.7 Å². The molecule has 1 unspecified atom stereocenters. The fourth-order valence-corrected chi connectivity index (χ4v) is 3.19. The lowest BCUT2D eigenvalue weighted by atomic mass is 10.0. The van der Waals surface area contributed by atoms with E-state index in [1.807, 2.05) is 22.6 Å². The van der Waals surface area contributed by atoms with Crippen molar-refractivity contribution in [2.45, 2.75) is 65.2 Å². The van der Waals surface area contributed by atoms with Gasteiger partial charge in [-0.1, -0.05) is 0 Å². The number of ether oxygens (including phenoxy) is 2. The minimum absolute atomic E-state index is 0.0715. The molecule has 1 aromatic carbocycles. The minimum Gasteiger partial charge on any atom is -0.458 e. The molecule has 0 aliphatic rings. The molecule has 0 saturated carbocycles. The van der Waals surface area contributed by atoms with Crippen molar-refractivity contribution in [1.29, 1.82) is 0 Å². The Hall–Kier alpha value is -1.91. The summed E-state index contributed by atoms with van der Waals surface area (Å²) in [7, 11) is 3.13. The fourth-order valence-electron chi connectivity index (χ4n) is 2.43. The van der Waals surface area contributed by atoms with Gasteiger partial charge in [-0.15, -0.1) is 0 Å². The summed E-state index contributed by atoms with van der Waals surface area (Å²) in [4.78, 5) is 38.7. The zero-order valence-corrected chi connectivity index (χ0v) is 20.8. The SMILES string of the molecule is CN(C)C(=O)c1cc(F)cc(CC(NC(=O)OC(C)(C)C)C(=O)OC(C)(C)C)c1I. The summed E-state index contributed by atoms with van der Waals surface area (Å²) in [6.07, 6.45) is -0.868. The van der Waals surface area contributed by atoms with Crippen LogP contribution in [0.1, 0.15) is 57.5 Å². The Morgan fingerprint density at radius 2 is 1.60 bits per heavy atom. The fraction of sp³-hybridized carbons (Fsp3) is 0.571. The molecule has 0 fully saturated rings. The molecule has 1 atom stereocenters. The van der Waals surface area contributed by atoms with Crippen LogP contribution >= 0.6 is 22.6 Å². The van der Waals surface area contributed by atoms with Crippen LogP contribution < -0.4 is 5.32 Å². The van der Waals surface area contributed by atoms with Crippen LogP contribution in [0.25, 0.3) is 0 Å². The predicted molar refractivity (Wildman–Crippen MR) is 120 cm³/mol. The van der Waals surface area contributed by atoms with Crippen LogP contribution in [0.5, 0.6) is 0 Å². The van der Waals surface area contributed by atoms with E-state index in [4.69, 9.17) is 9.47 Å². The van der Waals surface area contributed by atoms with Gasteiger partial charge >= 0.3 is 12.1 Å². The average Bonchev–Trinajstić information content (AvgIpc) is 2.52. The summed E-state index contributed by atoms with van der Waals surface area (Å²) in [6, 6.07) is 1.26. The number of hydrogen-bond acceptors (Lipinski definition) is 5. The van der Waals surface area contributed by atoms with Crippen LogP contribution in [0.2, 0.25) is 0 Å². The van der Waals surface area contributed by atoms with Crippen molar-refractivity contribution in [3.63, 3.8) is 0 Å². The average molecular weight is 536 g/mol. The molecular weight excluding hydrogens is 506 g/mol. The molecule has 0 saturated heterocycles. The maximum Gasteiger partial charge on any atom is 0.408 e. The molecule has 168 valence electrons. The van der Waals surface area contributed by atoms with E-state index in [-0.39, 0.29) is 17.9 Å². The Morgan fingerprint density at radius 1 is 1.07 bits per heavy atom. The van der Waals surface area contributed by atoms with Crippen molar-refractivity contribution in [2.24, 2.45) is 0 Å². The third-order valence-corrected chi connectivity index (χ3v) is 4.83. The number of nitrogens with one attached hydrogen (secondary N) is 1. The summed E-state index contributed by atoms with van der Waals surface area (Å²) < 4.78 is 25.4. The first-order chi connectivity index (χ1) is 13.5. The predicted octanol–water partition coefficient (Wildman–Crippen LogP) is 3.91. The lowest BCUT2D eigenvalue weighted by molar-refractivity contribution is -0.157. The van der Waals surface area contributed by atoms with Gasteiger partial charge in [-0.05, 0) is 81.8 Å². The molecule has 0 aromatic heterocycles. The number of alkyl carbamates (subject to hydrolysis) is 1. The van der Waals surface area contributed by atoms with Crippen LogP contribution in [0.15, 0.2) is 12.1 Å². The lowest BCUT2D eigenvalue weighted by Gasteiger charge is -2.26. The summed E-state index contributed by atoms with van der Waals surface area (Å²) in [5.41, 5.74) is -0.976. The van der Waals surface area contributed by atoms with E-state index >= 15 is 0 Å². The molecule has 2 amide bonds. The van der Waals surface area contributed by atoms with Gasteiger partial charge in [0.05, 0.1) is 5.56 Å². The van der Waals surface area contributed by atoms with Crippen molar-refractivity contribution < 1.29 is 28.2 Å². The van der Waals surface area contributed by atoms with E-state index in [1.54, 1.807) is 55.6 Å². The van der Waals surface area contributed by atoms with Gasteiger partial charge in [0.15, 0.2) is 0 Å². The molecule has 1 rings (SSSR count). The zero-order chi connectivity index (χ0) is 23.4. The normalized spacial score (nSPS) is 12.7. The summed E-state index contributed by atoms with van der Waals surface area (Å²) in [5, 5.41) is 2.51. The molecule has 0 bridgehead atoms. The topological polar surface area (TPSA) is 84.9 Å². The molecule has 1 aromatic rings. The first kappa shape index (κ1) is 26.1. The van der Waals surface area contributed by atoms with Gasteiger partial charge in [0.2, 0.25) is 0 Å². The highest BCUT2D eigenvalue weighted by Crippen LogP contribution is 2.23. The number of benzene rings is 1. The van der Waals surface area contributed by atoms with Crippen molar-refractivity contribution in [1.82, 2.24) is 10.2 Å². The first-order valence-electron chi connectivity index (χ1n) is 9.42. The molecule has 0 heterocycles. The van der Waals surface area contributed by atoms with Gasteiger partial charge < -0.3 is 19.7 Å². The Balaban J connectivity index is 3.28. The second-order valence-corrected chi connectivity index (χ2v) is 10.1. The number of carbonyl (C=O) groups excluding carboxylic acids is 3. The van der Waals surface area contributed by atoms with E-state index in [2.05, 4.69) is 5.32 Å². The molecule has 7 nitrogen and oxygen atoms in total. The molecule has 30 heavy (non-hydrogen) atoms. The Morgan fingerprint density at radius 3 is 2.07 bits per heavy atom. The van der Waals surface area contributed by atoms with Crippen LogP contribution in [0.3, 0.4) is 0 Å². The summed E-state index contributed by atoms with van der Waals surface area (Å²) in [6.45, 7) is 10.2. The molecule has 9 heteroatoms. The number of esters is 1. The zero-order valence-electron chi connectivity index (χ0n) is 18.7. The number of nitrogens with zero attached hydrogens (tertiary/aromatic N) is 1. The van der Waals surface area contributed by atoms with E-state index in [0.717, 1.165) is 6.07 Å². The quantitative estimate of drug-likeness (QED) is 0.456.